The summed E-state index contributed by atoms with van der Waals surface area (Å²) in [6, 6.07) is 55.8. The topological polar surface area (TPSA) is 118 Å². The molecule has 0 aromatic heterocycles. The molecule has 0 aliphatic heterocycles. The standard InChI is InChI=1S/C15H17BO3.C15H15BrO.C13H12BFO3.C13H10BrFO/c1-11-8-14(9-12(2)15(11)16(17)18)19-10-13-6-4-3-5-7-13;1-11-8-14(9-12(2)15(11)16)17-10-13-6-4-3-5-7-13;15-13-8-11(6-7-12(13)14(16)17)18-9-10-4-2-1-3-5-10;14-12-7-6-11(8-13(12)15)16-9-10-4-2-1-3-5-10/h3-9,17-18H,10H2,1-2H3;3-9H,10H2,1-2H3;1-8,16-17H,9H2;1-8H,9H2. The van der Waals surface area contributed by atoms with Gasteiger partial charge in [0, 0.05) is 22.1 Å². The molecule has 0 unspecified atom stereocenters. The summed E-state index contributed by atoms with van der Waals surface area (Å²) in [5.74, 6) is 1.53. The Bertz CT molecular complexity index is 2780. The van der Waals surface area contributed by atoms with E-state index in [1.165, 1.54) is 34.9 Å². The molecule has 14 heteroatoms. The normalized spacial score (nSPS) is 10.2. The average molecular weight is 1070 g/mol. The molecule has 8 rings (SSSR count). The minimum absolute atomic E-state index is 0.165. The second-order valence-electron chi connectivity index (χ2n) is 15.9. The Morgan fingerprint density at radius 3 is 1.04 bits per heavy atom. The number of aryl methyl sites for hydroxylation is 4. The van der Waals surface area contributed by atoms with Crippen LogP contribution in [-0.2, 0) is 26.4 Å². The maximum absolute atomic E-state index is 13.4. The van der Waals surface area contributed by atoms with Crippen molar-refractivity contribution >= 4 is 57.0 Å². The second kappa shape index (κ2) is 28.4. The predicted octanol–water partition coefficient (Wildman–Crippen LogP) is 11.5. The third-order valence-corrected chi connectivity index (χ3v) is 12.3. The Balaban J connectivity index is 0.000000174. The Morgan fingerprint density at radius 2 is 0.714 bits per heavy atom. The van der Waals surface area contributed by atoms with E-state index in [9.17, 15) is 18.8 Å². The molecular weight excluding hydrogens is 1020 g/mol. The van der Waals surface area contributed by atoms with Crippen molar-refractivity contribution < 1.29 is 47.8 Å². The molecule has 0 bridgehead atoms. The summed E-state index contributed by atoms with van der Waals surface area (Å²) in [6.45, 7) is 9.73. The summed E-state index contributed by atoms with van der Waals surface area (Å²) in [4.78, 5) is 0. The number of hydrogen-bond acceptors (Lipinski definition) is 8. The molecule has 0 spiro atoms. The van der Waals surface area contributed by atoms with Crippen LogP contribution in [0.25, 0.3) is 0 Å². The lowest BCUT2D eigenvalue weighted by Crippen LogP contribution is -2.34. The Hall–Kier alpha value is -6.25. The number of hydrogen-bond donors (Lipinski definition) is 4. The van der Waals surface area contributed by atoms with Crippen LogP contribution < -0.4 is 29.9 Å². The van der Waals surface area contributed by atoms with Crippen LogP contribution in [0.2, 0.25) is 0 Å². The molecule has 8 aromatic carbocycles. The molecule has 0 fully saturated rings. The van der Waals surface area contributed by atoms with Crippen molar-refractivity contribution in [2.24, 2.45) is 0 Å². The van der Waals surface area contributed by atoms with Gasteiger partial charge in [0.25, 0.3) is 0 Å². The fourth-order valence-corrected chi connectivity index (χ4v) is 7.23. The van der Waals surface area contributed by atoms with Gasteiger partial charge < -0.3 is 39.0 Å². The highest BCUT2D eigenvalue weighted by Crippen LogP contribution is 2.27. The number of benzene rings is 8. The molecule has 4 N–H and O–H groups in total. The number of rotatable bonds is 14. The molecule has 8 nitrogen and oxygen atoms in total. The van der Waals surface area contributed by atoms with Crippen LogP contribution in [0.5, 0.6) is 23.0 Å². The van der Waals surface area contributed by atoms with E-state index in [1.54, 1.807) is 12.1 Å². The molecule has 0 amide bonds. The van der Waals surface area contributed by atoms with E-state index < -0.39 is 20.1 Å². The summed E-state index contributed by atoms with van der Waals surface area (Å²) >= 11 is 6.65. The molecular formula is C56H54B2Br2F2O8. The summed E-state index contributed by atoms with van der Waals surface area (Å²) in [6.07, 6.45) is 0. The van der Waals surface area contributed by atoms with Crippen molar-refractivity contribution in [3.8, 4) is 23.0 Å². The molecule has 360 valence electrons. The zero-order valence-corrected chi connectivity index (χ0v) is 42.4. The summed E-state index contributed by atoms with van der Waals surface area (Å²) in [5, 5.41) is 36.4. The van der Waals surface area contributed by atoms with Crippen molar-refractivity contribution in [3.05, 3.63) is 247 Å². The summed E-state index contributed by atoms with van der Waals surface area (Å²) < 4.78 is 50.6. The fraction of sp³-hybridized carbons (Fsp3) is 0.143. The fourth-order valence-electron chi connectivity index (χ4n) is 6.75. The van der Waals surface area contributed by atoms with Crippen LogP contribution in [0.15, 0.2) is 191 Å². The third kappa shape index (κ3) is 18.2. The van der Waals surface area contributed by atoms with Gasteiger partial charge in [0.1, 0.15) is 61.1 Å². The zero-order chi connectivity index (χ0) is 50.4. The molecule has 0 saturated heterocycles. The van der Waals surface area contributed by atoms with Gasteiger partial charge in [-0.15, -0.1) is 0 Å². The highest BCUT2D eigenvalue weighted by atomic mass is 79.9. The first-order chi connectivity index (χ1) is 33.7. The lowest BCUT2D eigenvalue weighted by molar-refractivity contribution is 0.304. The molecule has 0 aliphatic carbocycles. The molecule has 0 atom stereocenters. The molecule has 0 heterocycles. The van der Waals surface area contributed by atoms with Crippen LogP contribution in [-0.4, -0.2) is 34.3 Å². The van der Waals surface area contributed by atoms with Gasteiger partial charge in [-0.3, -0.25) is 0 Å². The minimum Gasteiger partial charge on any atom is -0.489 e. The van der Waals surface area contributed by atoms with Gasteiger partial charge in [-0.1, -0.05) is 143 Å². The minimum atomic E-state index is -1.81. The van der Waals surface area contributed by atoms with Gasteiger partial charge >= 0.3 is 14.2 Å². The van der Waals surface area contributed by atoms with Crippen LogP contribution in [0.3, 0.4) is 0 Å². The SMILES string of the molecule is Cc1cc(OCc2ccccc2)cc(C)c1B(O)O.Cc1cc(OCc2ccccc2)cc(C)c1Br.Fc1cc(OCc2ccccc2)ccc1Br.OB(O)c1ccc(OCc2ccccc2)cc1F. The van der Waals surface area contributed by atoms with Gasteiger partial charge in [0.2, 0.25) is 0 Å². The van der Waals surface area contributed by atoms with Gasteiger partial charge in [0.15, 0.2) is 0 Å². The maximum atomic E-state index is 13.4. The highest BCUT2D eigenvalue weighted by Gasteiger charge is 2.18. The first kappa shape index (κ1) is 54.7. The van der Waals surface area contributed by atoms with E-state index in [0.717, 1.165) is 49.9 Å². The van der Waals surface area contributed by atoms with E-state index in [1.807, 2.05) is 135 Å². The monoisotopic (exact) mass is 1070 g/mol. The van der Waals surface area contributed by atoms with Crippen molar-refractivity contribution in [2.45, 2.75) is 54.1 Å². The number of halogens is 4. The largest absolute Gasteiger partial charge is 0.491 e. The average Bonchev–Trinajstić information content (AvgIpc) is 3.35. The van der Waals surface area contributed by atoms with Crippen molar-refractivity contribution in [2.75, 3.05) is 0 Å². The van der Waals surface area contributed by atoms with Crippen LogP contribution in [0.4, 0.5) is 8.78 Å². The van der Waals surface area contributed by atoms with Crippen LogP contribution in [0.1, 0.15) is 44.5 Å². The van der Waals surface area contributed by atoms with E-state index in [2.05, 4.69) is 70.0 Å². The van der Waals surface area contributed by atoms with Gasteiger partial charge in [-0.05, 0) is 136 Å². The van der Waals surface area contributed by atoms with E-state index in [0.29, 0.717) is 47.9 Å². The Kier molecular flexibility index (Phi) is 22.2. The van der Waals surface area contributed by atoms with Gasteiger partial charge in [-0.25, -0.2) is 8.78 Å². The summed E-state index contributed by atoms with van der Waals surface area (Å²) in [5.41, 5.74) is 8.75. The highest BCUT2D eigenvalue weighted by molar-refractivity contribution is 9.10. The predicted molar refractivity (Wildman–Crippen MR) is 283 cm³/mol. The molecule has 0 aliphatic rings. The van der Waals surface area contributed by atoms with Gasteiger partial charge in [0.05, 0.1) is 4.47 Å². The molecule has 8 aromatic rings. The third-order valence-electron chi connectivity index (χ3n) is 10.4. The van der Waals surface area contributed by atoms with Crippen molar-refractivity contribution in [1.82, 2.24) is 0 Å². The number of ether oxygens (including phenoxy) is 4. The molecule has 70 heavy (non-hydrogen) atoms. The van der Waals surface area contributed by atoms with Crippen LogP contribution in [0, 0.1) is 39.3 Å². The first-order valence-corrected chi connectivity index (χ1v) is 23.8. The lowest BCUT2D eigenvalue weighted by Gasteiger charge is -2.13. The zero-order valence-electron chi connectivity index (χ0n) is 39.2. The lowest BCUT2D eigenvalue weighted by atomic mass is 9.74. The smallest absolute Gasteiger partial charge is 0.489 e. The quantitative estimate of drug-likeness (QED) is 0.0796. The van der Waals surface area contributed by atoms with E-state index >= 15 is 0 Å². The van der Waals surface area contributed by atoms with Gasteiger partial charge in [-0.2, -0.15) is 0 Å². The Labute approximate surface area is 426 Å². The summed E-state index contributed by atoms with van der Waals surface area (Å²) in [7, 11) is -3.25. The van der Waals surface area contributed by atoms with Crippen LogP contribution >= 0.6 is 31.9 Å². The van der Waals surface area contributed by atoms with Crippen molar-refractivity contribution in [1.29, 1.82) is 0 Å². The van der Waals surface area contributed by atoms with Crippen molar-refractivity contribution in [3.63, 3.8) is 0 Å². The van der Waals surface area contributed by atoms with E-state index in [4.69, 9.17) is 29.0 Å². The van der Waals surface area contributed by atoms with E-state index in [-0.39, 0.29) is 11.3 Å². The second-order valence-corrected chi connectivity index (χ2v) is 17.6. The first-order valence-electron chi connectivity index (χ1n) is 22.2. The molecule has 0 saturated carbocycles. The maximum Gasteiger partial charge on any atom is 0.491 e. The Morgan fingerprint density at radius 1 is 0.386 bits per heavy atom. The molecule has 0 radical (unpaired) electrons.